The van der Waals surface area contributed by atoms with Crippen molar-refractivity contribution in [2.75, 3.05) is 11.9 Å². The molecular formula is C15H12ClN3O5. The molecule has 0 bridgehead atoms. The number of anilines is 1. The summed E-state index contributed by atoms with van der Waals surface area (Å²) in [6.45, 7) is 1.14. The molecule has 2 aromatic rings. The van der Waals surface area contributed by atoms with Gasteiger partial charge in [0.25, 0.3) is 11.6 Å². The van der Waals surface area contributed by atoms with Crippen molar-refractivity contribution in [3.63, 3.8) is 0 Å². The predicted molar refractivity (Wildman–Crippen MR) is 86.0 cm³/mol. The van der Waals surface area contributed by atoms with E-state index in [0.717, 1.165) is 0 Å². The Balaban J connectivity index is 1.97. The first-order valence-electron chi connectivity index (χ1n) is 6.70. The number of hydrogen-bond donors (Lipinski definition) is 1. The molecule has 1 amide bonds. The molecule has 24 heavy (non-hydrogen) atoms. The fourth-order valence-corrected chi connectivity index (χ4v) is 1.96. The highest BCUT2D eigenvalue weighted by atomic mass is 35.5. The lowest BCUT2D eigenvalue weighted by molar-refractivity contribution is -0.384. The van der Waals surface area contributed by atoms with Crippen LogP contribution >= 0.6 is 11.6 Å². The number of hydrogen-bond acceptors (Lipinski definition) is 6. The van der Waals surface area contributed by atoms with Crippen LogP contribution < -0.4 is 5.32 Å². The van der Waals surface area contributed by atoms with Crippen LogP contribution in [0.1, 0.15) is 15.9 Å². The zero-order chi connectivity index (χ0) is 17.7. The van der Waals surface area contributed by atoms with Gasteiger partial charge < -0.3 is 10.1 Å². The second-order valence-electron chi connectivity index (χ2n) is 4.75. The van der Waals surface area contributed by atoms with Gasteiger partial charge in [-0.15, -0.1) is 0 Å². The largest absolute Gasteiger partial charge is 0.452 e. The third kappa shape index (κ3) is 4.50. The molecule has 0 radical (unpaired) electrons. The zero-order valence-electron chi connectivity index (χ0n) is 12.5. The number of pyridine rings is 1. The average molecular weight is 350 g/mol. The first-order chi connectivity index (χ1) is 11.4. The molecule has 1 N–H and O–H groups in total. The van der Waals surface area contributed by atoms with Gasteiger partial charge in [0.05, 0.1) is 16.2 Å². The fraction of sp³-hybridized carbons (Fsp3) is 0.133. The van der Waals surface area contributed by atoms with Crippen molar-refractivity contribution < 1.29 is 19.2 Å². The van der Waals surface area contributed by atoms with Crippen LogP contribution in [0, 0.1) is 17.0 Å². The molecule has 9 heteroatoms. The number of nitro benzene ring substituents is 1. The van der Waals surface area contributed by atoms with Crippen molar-refractivity contribution in [3.8, 4) is 0 Å². The molecule has 0 saturated carbocycles. The summed E-state index contributed by atoms with van der Waals surface area (Å²) in [5.41, 5.74) is 0.923. The summed E-state index contributed by atoms with van der Waals surface area (Å²) in [7, 11) is 0. The third-order valence-electron chi connectivity index (χ3n) is 3.00. The van der Waals surface area contributed by atoms with Gasteiger partial charge in [-0.25, -0.2) is 9.78 Å². The molecule has 0 aliphatic heterocycles. The number of amides is 1. The minimum atomic E-state index is -0.731. The Bertz CT molecular complexity index is 809. The Labute approximate surface area is 141 Å². The number of non-ortho nitro benzene ring substituents is 1. The number of nitrogens with one attached hydrogen (secondary N) is 1. The Hall–Kier alpha value is -3.00. The minimum Gasteiger partial charge on any atom is -0.452 e. The highest BCUT2D eigenvalue weighted by molar-refractivity contribution is 6.29. The molecule has 2 rings (SSSR count). The number of nitrogens with zero attached hydrogens (tertiary/aromatic N) is 2. The molecule has 0 aliphatic carbocycles. The Kier molecular flexibility index (Phi) is 5.43. The maximum atomic E-state index is 11.9. The van der Waals surface area contributed by atoms with Gasteiger partial charge in [-0.2, -0.15) is 0 Å². The summed E-state index contributed by atoms with van der Waals surface area (Å²) in [5.74, 6) is -1.35. The Morgan fingerprint density at radius 2 is 2.08 bits per heavy atom. The Morgan fingerprint density at radius 1 is 1.33 bits per heavy atom. The van der Waals surface area contributed by atoms with Crippen molar-refractivity contribution in [2.24, 2.45) is 0 Å². The zero-order valence-corrected chi connectivity index (χ0v) is 13.2. The van der Waals surface area contributed by atoms with Crippen LogP contribution in [0.2, 0.25) is 5.15 Å². The van der Waals surface area contributed by atoms with Crippen LogP contribution in [0.25, 0.3) is 0 Å². The van der Waals surface area contributed by atoms with Crippen molar-refractivity contribution in [1.29, 1.82) is 0 Å². The monoisotopic (exact) mass is 349 g/mol. The van der Waals surface area contributed by atoms with Crippen molar-refractivity contribution in [3.05, 3.63) is 62.9 Å². The standard InChI is InChI=1S/C15H12ClN3O5/c1-9-2-3-11(19(22)23)7-12(9)18-14(20)8-24-15(21)10-4-5-17-13(16)6-10/h2-7H,8H2,1H3,(H,18,20). The van der Waals surface area contributed by atoms with Gasteiger partial charge in [0.15, 0.2) is 6.61 Å². The number of carbonyl (C=O) groups excluding carboxylic acids is 2. The molecule has 0 unspecified atom stereocenters. The van der Waals surface area contributed by atoms with E-state index in [1.807, 2.05) is 0 Å². The van der Waals surface area contributed by atoms with E-state index in [0.29, 0.717) is 5.56 Å². The van der Waals surface area contributed by atoms with E-state index >= 15 is 0 Å². The molecule has 1 heterocycles. The van der Waals surface area contributed by atoms with Gasteiger partial charge in [-0.05, 0) is 24.6 Å². The van der Waals surface area contributed by atoms with Gasteiger partial charge in [0.1, 0.15) is 5.15 Å². The van der Waals surface area contributed by atoms with Crippen LogP contribution in [-0.2, 0) is 9.53 Å². The summed E-state index contributed by atoms with van der Waals surface area (Å²) < 4.78 is 4.86. The van der Waals surface area contributed by atoms with Gasteiger partial charge in [-0.1, -0.05) is 17.7 Å². The van der Waals surface area contributed by atoms with E-state index in [4.69, 9.17) is 16.3 Å². The van der Waals surface area contributed by atoms with E-state index in [9.17, 15) is 19.7 Å². The number of esters is 1. The molecule has 8 nitrogen and oxygen atoms in total. The second-order valence-corrected chi connectivity index (χ2v) is 5.14. The lowest BCUT2D eigenvalue weighted by Gasteiger charge is -2.09. The summed E-state index contributed by atoms with van der Waals surface area (Å²) in [5, 5.41) is 13.3. The summed E-state index contributed by atoms with van der Waals surface area (Å²) >= 11 is 5.66. The molecule has 0 saturated heterocycles. The van der Waals surface area contributed by atoms with Crippen LogP contribution in [0.3, 0.4) is 0 Å². The first kappa shape index (κ1) is 17.4. The SMILES string of the molecule is Cc1ccc([N+](=O)[O-])cc1NC(=O)COC(=O)c1ccnc(Cl)c1. The number of ether oxygens (including phenoxy) is 1. The van der Waals surface area contributed by atoms with Gasteiger partial charge >= 0.3 is 5.97 Å². The van der Waals surface area contributed by atoms with Gasteiger partial charge in [0.2, 0.25) is 0 Å². The van der Waals surface area contributed by atoms with E-state index < -0.39 is 23.4 Å². The smallest absolute Gasteiger partial charge is 0.338 e. The maximum Gasteiger partial charge on any atom is 0.338 e. The van der Waals surface area contributed by atoms with Crippen molar-refractivity contribution in [1.82, 2.24) is 4.98 Å². The van der Waals surface area contributed by atoms with Crippen LogP contribution in [0.5, 0.6) is 0 Å². The van der Waals surface area contributed by atoms with Crippen LogP contribution in [0.4, 0.5) is 11.4 Å². The quantitative estimate of drug-likeness (QED) is 0.384. The van der Waals surface area contributed by atoms with Crippen LogP contribution in [0.15, 0.2) is 36.5 Å². The maximum absolute atomic E-state index is 11.9. The highest BCUT2D eigenvalue weighted by Gasteiger charge is 2.14. The number of rotatable bonds is 5. The number of carbonyl (C=O) groups is 2. The number of halogens is 1. The van der Waals surface area contributed by atoms with E-state index in [1.54, 1.807) is 6.92 Å². The number of aryl methyl sites for hydroxylation is 1. The predicted octanol–water partition coefficient (Wildman–Crippen LogP) is 2.75. The van der Waals surface area contributed by atoms with E-state index in [-0.39, 0.29) is 22.1 Å². The van der Waals surface area contributed by atoms with Crippen LogP contribution in [-0.4, -0.2) is 28.4 Å². The topological polar surface area (TPSA) is 111 Å². The van der Waals surface area contributed by atoms with Crippen molar-refractivity contribution >= 4 is 34.9 Å². The Morgan fingerprint density at radius 3 is 2.75 bits per heavy atom. The lowest BCUT2D eigenvalue weighted by Crippen LogP contribution is -2.21. The van der Waals surface area contributed by atoms with E-state index in [2.05, 4.69) is 10.3 Å². The highest BCUT2D eigenvalue weighted by Crippen LogP contribution is 2.21. The number of benzene rings is 1. The van der Waals surface area contributed by atoms with E-state index in [1.165, 1.54) is 36.5 Å². The van der Waals surface area contributed by atoms with Gasteiger partial charge in [0, 0.05) is 18.3 Å². The minimum absolute atomic E-state index is 0.126. The second kappa shape index (κ2) is 7.51. The first-order valence-corrected chi connectivity index (χ1v) is 7.08. The molecule has 0 spiro atoms. The lowest BCUT2D eigenvalue weighted by atomic mass is 10.2. The van der Waals surface area contributed by atoms with Gasteiger partial charge in [-0.3, -0.25) is 14.9 Å². The van der Waals surface area contributed by atoms with Crippen molar-refractivity contribution in [2.45, 2.75) is 6.92 Å². The molecule has 1 aromatic heterocycles. The molecule has 0 aliphatic rings. The normalized spacial score (nSPS) is 10.1. The summed E-state index contributed by atoms with van der Waals surface area (Å²) in [6.07, 6.45) is 1.34. The fourth-order valence-electron chi connectivity index (χ4n) is 1.79. The molecular weight excluding hydrogens is 338 g/mol. The molecule has 124 valence electrons. The molecule has 1 aromatic carbocycles. The average Bonchev–Trinajstić information content (AvgIpc) is 2.54. The molecule has 0 fully saturated rings. The molecule has 0 atom stereocenters. The summed E-state index contributed by atoms with van der Waals surface area (Å²) in [4.78, 5) is 37.6. The number of aromatic nitrogens is 1. The third-order valence-corrected chi connectivity index (χ3v) is 3.21. The summed E-state index contributed by atoms with van der Waals surface area (Å²) in [6, 6.07) is 6.79. The number of nitro groups is 1.